The lowest BCUT2D eigenvalue weighted by atomic mass is 9.95. The molecule has 0 aromatic carbocycles. The van der Waals surface area contributed by atoms with E-state index in [4.69, 9.17) is 19.4 Å². The summed E-state index contributed by atoms with van der Waals surface area (Å²) in [6, 6.07) is 4.95. The summed E-state index contributed by atoms with van der Waals surface area (Å²) in [7, 11) is 1.41. The second kappa shape index (κ2) is 11.7. The molecule has 15 heteroatoms. The number of pyridine rings is 2. The van der Waals surface area contributed by atoms with Gasteiger partial charge in [-0.05, 0) is 37.3 Å². The molecule has 9 nitrogen and oxygen atoms in total. The summed E-state index contributed by atoms with van der Waals surface area (Å²) < 4.78 is 82.8. The lowest BCUT2D eigenvalue weighted by molar-refractivity contribution is -0.192. The normalized spacial score (nSPS) is 14.5. The summed E-state index contributed by atoms with van der Waals surface area (Å²) in [5.74, 6) is -2.83. The molecule has 3 aromatic rings. The number of methoxy groups -OCH3 is 1. The Balaban J connectivity index is 0.000000505. The summed E-state index contributed by atoms with van der Waals surface area (Å²) in [4.78, 5) is 29.7. The summed E-state index contributed by atoms with van der Waals surface area (Å²) in [5.41, 5.74) is 0.586. The van der Waals surface area contributed by atoms with Crippen LogP contribution in [-0.2, 0) is 22.1 Å². The molecule has 1 amide bonds. The SMILES string of the molecule is COc1cc2nc(CC3CCOCC3)cn2cc1C(=O)Nc1cccc(C(F)(F)F)n1.O=C(O)C(F)(F)F. The van der Waals surface area contributed by atoms with Gasteiger partial charge in [-0.15, -0.1) is 0 Å². The number of ether oxygens (including phenoxy) is 2. The van der Waals surface area contributed by atoms with E-state index in [1.807, 2.05) is 6.20 Å². The number of nitrogens with one attached hydrogen (secondary N) is 1. The second-order valence-electron chi connectivity index (χ2n) is 8.18. The number of anilines is 1. The average Bonchev–Trinajstić information content (AvgIpc) is 3.24. The Kier molecular flexibility index (Phi) is 8.81. The number of fused-ring (bicyclic) bond motifs is 1. The van der Waals surface area contributed by atoms with Crippen molar-refractivity contribution < 1.29 is 50.5 Å². The smallest absolute Gasteiger partial charge is 0.490 e. The van der Waals surface area contributed by atoms with Crippen molar-refractivity contribution in [1.82, 2.24) is 14.4 Å². The lowest BCUT2D eigenvalue weighted by Gasteiger charge is -2.20. The van der Waals surface area contributed by atoms with Crippen molar-refractivity contribution >= 4 is 23.3 Å². The van der Waals surface area contributed by atoms with E-state index in [2.05, 4.69) is 15.3 Å². The zero-order valence-corrected chi connectivity index (χ0v) is 19.8. The third-order valence-electron chi connectivity index (χ3n) is 5.43. The Labute approximate surface area is 211 Å². The summed E-state index contributed by atoms with van der Waals surface area (Å²) in [5, 5.41) is 9.53. The number of amides is 1. The molecule has 4 heterocycles. The first kappa shape index (κ1) is 28.7. The molecule has 1 aliphatic heterocycles. The number of alkyl halides is 6. The van der Waals surface area contributed by atoms with Gasteiger partial charge >= 0.3 is 18.3 Å². The Bertz CT molecular complexity index is 1290. The standard InChI is InChI=1S/C21H21F3N4O3.C2HF3O2/c1-30-16-10-19-25-14(9-13-5-7-31-8-6-13)11-28(19)12-15(16)20(29)27-18-4-2-3-17(26-18)21(22,23)24;3-2(4,5)1(6)7/h2-4,10-13H,5-9H2,1H3,(H,26,27,29);(H,6,7). The maximum absolute atomic E-state index is 12.9. The minimum atomic E-state index is -5.08. The third-order valence-corrected chi connectivity index (χ3v) is 5.43. The molecule has 0 bridgehead atoms. The number of hydrogen-bond acceptors (Lipinski definition) is 6. The maximum Gasteiger partial charge on any atom is 0.490 e. The van der Waals surface area contributed by atoms with Gasteiger partial charge in [0.1, 0.15) is 22.9 Å². The largest absolute Gasteiger partial charge is 0.496 e. The first-order valence-electron chi connectivity index (χ1n) is 11.1. The molecule has 38 heavy (non-hydrogen) atoms. The van der Waals surface area contributed by atoms with E-state index in [1.54, 1.807) is 16.7 Å². The minimum Gasteiger partial charge on any atom is -0.496 e. The van der Waals surface area contributed by atoms with Crippen molar-refractivity contribution in [3.05, 3.63) is 53.6 Å². The molecular formula is C23H22F6N4O5. The van der Waals surface area contributed by atoms with E-state index in [0.717, 1.165) is 44.2 Å². The summed E-state index contributed by atoms with van der Waals surface area (Å²) in [6.07, 6.45) is -3.51. The van der Waals surface area contributed by atoms with Crippen LogP contribution in [0.25, 0.3) is 5.65 Å². The van der Waals surface area contributed by atoms with Crippen molar-refractivity contribution in [3.8, 4) is 5.75 Å². The fourth-order valence-electron chi connectivity index (χ4n) is 3.60. The van der Waals surface area contributed by atoms with Gasteiger partial charge in [0.15, 0.2) is 0 Å². The number of imidazole rings is 1. The Morgan fingerprint density at radius 1 is 1.13 bits per heavy atom. The van der Waals surface area contributed by atoms with Crippen molar-refractivity contribution in [3.63, 3.8) is 0 Å². The number of rotatable bonds is 5. The predicted molar refractivity (Wildman–Crippen MR) is 120 cm³/mol. The molecule has 0 aliphatic carbocycles. The Morgan fingerprint density at radius 3 is 2.37 bits per heavy atom. The molecule has 0 unspecified atom stereocenters. The second-order valence-corrected chi connectivity index (χ2v) is 8.18. The first-order valence-corrected chi connectivity index (χ1v) is 11.1. The Hall–Kier alpha value is -3.88. The summed E-state index contributed by atoms with van der Waals surface area (Å²) in [6.45, 7) is 1.50. The van der Waals surface area contributed by atoms with Crippen LogP contribution in [0.1, 0.15) is 34.6 Å². The average molecular weight is 548 g/mol. The van der Waals surface area contributed by atoms with Crippen LogP contribution < -0.4 is 10.1 Å². The van der Waals surface area contributed by atoms with Gasteiger partial charge < -0.3 is 24.3 Å². The van der Waals surface area contributed by atoms with E-state index < -0.39 is 29.9 Å². The van der Waals surface area contributed by atoms with Crippen molar-refractivity contribution in [2.45, 2.75) is 31.6 Å². The molecule has 3 aromatic heterocycles. The van der Waals surface area contributed by atoms with Crippen molar-refractivity contribution in [1.29, 1.82) is 0 Å². The predicted octanol–water partition coefficient (Wildman–Crippen LogP) is 4.61. The number of carbonyl (C=O) groups excluding carboxylic acids is 1. The van der Waals surface area contributed by atoms with Gasteiger partial charge in [0, 0.05) is 31.7 Å². The first-order chi connectivity index (χ1) is 17.8. The van der Waals surface area contributed by atoms with Crippen LogP contribution >= 0.6 is 0 Å². The fourth-order valence-corrected chi connectivity index (χ4v) is 3.60. The van der Waals surface area contributed by atoms with Crippen molar-refractivity contribution in [2.75, 3.05) is 25.6 Å². The van der Waals surface area contributed by atoms with Gasteiger partial charge in [0.25, 0.3) is 5.91 Å². The highest BCUT2D eigenvalue weighted by atomic mass is 19.4. The van der Waals surface area contributed by atoms with Gasteiger partial charge in [-0.25, -0.2) is 14.8 Å². The zero-order valence-electron chi connectivity index (χ0n) is 19.8. The lowest BCUT2D eigenvalue weighted by Crippen LogP contribution is -2.21. The molecule has 0 saturated carbocycles. The number of aliphatic carboxylic acids is 1. The van der Waals surface area contributed by atoms with Gasteiger partial charge in [0.05, 0.1) is 18.4 Å². The van der Waals surface area contributed by atoms with Crippen LogP contribution in [-0.4, -0.2) is 57.9 Å². The molecule has 0 atom stereocenters. The molecule has 0 spiro atoms. The quantitative estimate of drug-likeness (QED) is 0.448. The number of nitrogens with zero attached hydrogens (tertiary/aromatic N) is 3. The maximum atomic E-state index is 12.9. The molecule has 0 radical (unpaired) electrons. The van der Waals surface area contributed by atoms with Gasteiger partial charge in [-0.3, -0.25) is 4.79 Å². The number of hydrogen-bond donors (Lipinski definition) is 2. The molecule has 2 N–H and O–H groups in total. The van der Waals surface area contributed by atoms with Gasteiger partial charge in [-0.2, -0.15) is 26.3 Å². The third kappa shape index (κ3) is 7.57. The molecule has 1 saturated heterocycles. The molecule has 1 fully saturated rings. The zero-order chi connectivity index (χ0) is 28.1. The number of carbonyl (C=O) groups is 2. The van der Waals surface area contributed by atoms with Gasteiger partial charge in [-0.1, -0.05) is 6.07 Å². The number of carboxylic acids is 1. The monoisotopic (exact) mass is 548 g/mol. The Morgan fingerprint density at radius 2 is 1.79 bits per heavy atom. The van der Waals surface area contributed by atoms with Crippen LogP contribution in [0.15, 0.2) is 36.7 Å². The molecule has 4 rings (SSSR count). The van der Waals surface area contributed by atoms with Crippen LogP contribution in [0.2, 0.25) is 0 Å². The van der Waals surface area contributed by atoms with Crippen LogP contribution in [0.3, 0.4) is 0 Å². The fraction of sp³-hybridized carbons (Fsp3) is 0.391. The minimum absolute atomic E-state index is 0.157. The van der Waals surface area contributed by atoms with E-state index in [0.29, 0.717) is 11.6 Å². The summed E-state index contributed by atoms with van der Waals surface area (Å²) >= 11 is 0. The van der Waals surface area contributed by atoms with E-state index in [1.165, 1.54) is 19.2 Å². The molecule has 206 valence electrons. The molecular weight excluding hydrogens is 526 g/mol. The van der Waals surface area contributed by atoms with E-state index in [9.17, 15) is 31.1 Å². The van der Waals surface area contributed by atoms with Gasteiger partial charge in [0.2, 0.25) is 0 Å². The van der Waals surface area contributed by atoms with Crippen LogP contribution in [0.5, 0.6) is 5.75 Å². The number of halogens is 6. The number of carboxylic acid groups (broad SMARTS) is 1. The topological polar surface area (TPSA) is 115 Å². The number of aromatic nitrogens is 3. The van der Waals surface area contributed by atoms with Crippen LogP contribution in [0, 0.1) is 5.92 Å². The van der Waals surface area contributed by atoms with E-state index in [-0.39, 0.29) is 17.1 Å². The van der Waals surface area contributed by atoms with Crippen LogP contribution in [0.4, 0.5) is 32.2 Å². The highest BCUT2D eigenvalue weighted by Crippen LogP contribution is 2.29. The highest BCUT2D eigenvalue weighted by Gasteiger charge is 2.38. The molecule has 1 aliphatic rings. The highest BCUT2D eigenvalue weighted by molar-refractivity contribution is 6.05. The van der Waals surface area contributed by atoms with Crippen molar-refractivity contribution in [2.24, 2.45) is 5.92 Å². The van der Waals surface area contributed by atoms with E-state index >= 15 is 0 Å².